The fourth-order valence-corrected chi connectivity index (χ4v) is 3.02. The summed E-state index contributed by atoms with van der Waals surface area (Å²) in [4.78, 5) is 12.7. The van der Waals surface area contributed by atoms with Gasteiger partial charge in [0.05, 0.1) is 0 Å². The number of amidine groups is 1. The lowest BCUT2D eigenvalue weighted by Crippen LogP contribution is -2.51. The topological polar surface area (TPSA) is 68.6 Å². The SMILES string of the molecule is CC(C)(C)Oc1ccccc1OC1C(Cl)N=C(c2ncccn2)NC1Cl. The number of nitrogens with one attached hydrogen (secondary N) is 1. The zero-order chi connectivity index (χ0) is 18.7. The minimum Gasteiger partial charge on any atom is -0.484 e. The normalized spacial score (nSPS) is 23.0. The van der Waals surface area contributed by atoms with E-state index in [1.165, 1.54) is 0 Å². The van der Waals surface area contributed by atoms with E-state index in [0.717, 1.165) is 0 Å². The van der Waals surface area contributed by atoms with E-state index in [1.54, 1.807) is 18.5 Å². The Morgan fingerprint density at radius 1 is 1.00 bits per heavy atom. The Morgan fingerprint density at radius 2 is 1.65 bits per heavy atom. The van der Waals surface area contributed by atoms with Gasteiger partial charge in [-0.3, -0.25) is 0 Å². The Bertz CT molecular complexity index is 780. The molecule has 2 heterocycles. The lowest BCUT2D eigenvalue weighted by Gasteiger charge is -2.32. The molecule has 0 fully saturated rings. The smallest absolute Gasteiger partial charge is 0.195 e. The van der Waals surface area contributed by atoms with Crippen LogP contribution in [0, 0.1) is 0 Å². The molecule has 0 aliphatic carbocycles. The van der Waals surface area contributed by atoms with Gasteiger partial charge in [-0.2, -0.15) is 0 Å². The van der Waals surface area contributed by atoms with Gasteiger partial charge < -0.3 is 14.8 Å². The van der Waals surface area contributed by atoms with Crippen molar-refractivity contribution in [3.63, 3.8) is 0 Å². The molecule has 1 aromatic carbocycles. The maximum Gasteiger partial charge on any atom is 0.195 e. The number of ether oxygens (including phenoxy) is 2. The largest absolute Gasteiger partial charge is 0.484 e. The highest BCUT2D eigenvalue weighted by atomic mass is 35.5. The lowest BCUT2D eigenvalue weighted by molar-refractivity contribution is 0.113. The second kappa shape index (κ2) is 7.68. The Morgan fingerprint density at radius 3 is 2.27 bits per heavy atom. The van der Waals surface area contributed by atoms with Crippen molar-refractivity contribution in [2.24, 2.45) is 4.99 Å². The molecule has 1 aromatic heterocycles. The van der Waals surface area contributed by atoms with E-state index >= 15 is 0 Å². The molecule has 1 aliphatic heterocycles. The van der Waals surface area contributed by atoms with Crippen LogP contribution in [0.4, 0.5) is 0 Å². The minimum atomic E-state index is -0.708. The van der Waals surface area contributed by atoms with Crippen LogP contribution in [0.1, 0.15) is 26.6 Å². The zero-order valence-electron chi connectivity index (χ0n) is 14.7. The number of para-hydroxylation sites is 2. The molecule has 0 saturated carbocycles. The molecule has 26 heavy (non-hydrogen) atoms. The lowest BCUT2D eigenvalue weighted by atomic mass is 10.2. The van der Waals surface area contributed by atoms with Gasteiger partial charge in [-0.1, -0.05) is 35.3 Å². The van der Waals surface area contributed by atoms with Gasteiger partial charge in [0.1, 0.15) is 11.1 Å². The third-order valence-electron chi connectivity index (χ3n) is 3.39. The summed E-state index contributed by atoms with van der Waals surface area (Å²) in [5.74, 6) is 2.04. The number of halogens is 2. The quantitative estimate of drug-likeness (QED) is 0.633. The Balaban J connectivity index is 1.80. The van der Waals surface area contributed by atoms with Crippen molar-refractivity contribution in [2.75, 3.05) is 0 Å². The van der Waals surface area contributed by atoms with Crippen LogP contribution in [0.2, 0.25) is 0 Å². The summed E-state index contributed by atoms with van der Waals surface area (Å²) < 4.78 is 12.0. The van der Waals surface area contributed by atoms with E-state index in [4.69, 9.17) is 32.7 Å². The van der Waals surface area contributed by atoms with Crippen molar-refractivity contribution in [2.45, 2.75) is 43.5 Å². The van der Waals surface area contributed by atoms with Crippen LogP contribution in [0.3, 0.4) is 0 Å². The molecule has 1 N–H and O–H groups in total. The highest BCUT2D eigenvalue weighted by Gasteiger charge is 2.35. The van der Waals surface area contributed by atoms with Gasteiger partial charge in [-0.05, 0) is 39.0 Å². The molecule has 0 radical (unpaired) electrons. The van der Waals surface area contributed by atoms with Crippen molar-refractivity contribution in [3.05, 3.63) is 48.5 Å². The summed E-state index contributed by atoms with van der Waals surface area (Å²) >= 11 is 12.9. The average Bonchev–Trinajstić information content (AvgIpc) is 2.59. The molecule has 1 aliphatic rings. The van der Waals surface area contributed by atoms with Gasteiger partial charge >= 0.3 is 0 Å². The monoisotopic (exact) mass is 394 g/mol. The van der Waals surface area contributed by atoms with E-state index in [-0.39, 0.29) is 5.60 Å². The van der Waals surface area contributed by atoms with Crippen molar-refractivity contribution < 1.29 is 9.47 Å². The average molecular weight is 395 g/mol. The number of nitrogens with zero attached hydrogens (tertiary/aromatic N) is 3. The van der Waals surface area contributed by atoms with E-state index < -0.39 is 17.1 Å². The zero-order valence-corrected chi connectivity index (χ0v) is 16.2. The molecule has 138 valence electrons. The summed E-state index contributed by atoms with van der Waals surface area (Å²) in [5.41, 5.74) is -1.68. The number of benzene rings is 1. The number of alkyl halides is 2. The molecule has 6 nitrogen and oxygen atoms in total. The van der Waals surface area contributed by atoms with Crippen LogP contribution < -0.4 is 14.8 Å². The van der Waals surface area contributed by atoms with Crippen LogP contribution in [-0.4, -0.2) is 38.5 Å². The highest BCUT2D eigenvalue weighted by molar-refractivity contribution is 6.26. The first kappa shape index (κ1) is 18.7. The molecule has 3 atom stereocenters. The molecule has 0 saturated heterocycles. The first-order valence-corrected chi connectivity index (χ1v) is 9.05. The van der Waals surface area contributed by atoms with E-state index in [2.05, 4.69) is 20.3 Å². The predicted octanol–water partition coefficient (Wildman–Crippen LogP) is 3.58. The third-order valence-corrected chi connectivity index (χ3v) is 4.10. The van der Waals surface area contributed by atoms with Gasteiger partial charge in [0.25, 0.3) is 0 Å². The second-order valence-corrected chi connectivity index (χ2v) is 7.63. The van der Waals surface area contributed by atoms with E-state index in [1.807, 2.05) is 45.0 Å². The molecule has 0 bridgehead atoms. The van der Waals surface area contributed by atoms with E-state index in [9.17, 15) is 0 Å². The predicted molar refractivity (Wildman–Crippen MR) is 102 cm³/mol. The van der Waals surface area contributed by atoms with Crippen LogP contribution in [0.5, 0.6) is 11.5 Å². The van der Waals surface area contributed by atoms with Crippen LogP contribution in [0.15, 0.2) is 47.7 Å². The van der Waals surface area contributed by atoms with Gasteiger partial charge in [0, 0.05) is 12.4 Å². The van der Waals surface area contributed by atoms with Crippen molar-refractivity contribution >= 4 is 29.0 Å². The number of hydrogen-bond donors (Lipinski definition) is 1. The van der Waals surface area contributed by atoms with Crippen molar-refractivity contribution in [1.82, 2.24) is 15.3 Å². The van der Waals surface area contributed by atoms with E-state index in [0.29, 0.717) is 23.2 Å². The van der Waals surface area contributed by atoms with Gasteiger partial charge in [0.2, 0.25) is 0 Å². The third kappa shape index (κ3) is 4.56. The summed E-state index contributed by atoms with van der Waals surface area (Å²) in [6.07, 6.45) is 2.65. The molecule has 2 aromatic rings. The molecular weight excluding hydrogens is 375 g/mol. The Labute approximate surface area is 162 Å². The van der Waals surface area contributed by atoms with Crippen molar-refractivity contribution in [1.29, 1.82) is 0 Å². The fourth-order valence-electron chi connectivity index (χ4n) is 2.35. The molecule has 3 unspecified atom stereocenters. The Hall–Kier alpha value is -2.05. The Kier molecular flexibility index (Phi) is 5.53. The minimum absolute atomic E-state index is 0.360. The molecule has 3 rings (SSSR count). The van der Waals surface area contributed by atoms with Crippen LogP contribution in [0.25, 0.3) is 0 Å². The maximum atomic E-state index is 6.46. The maximum absolute atomic E-state index is 6.46. The second-order valence-electron chi connectivity index (χ2n) is 6.71. The number of aliphatic imine (C=N–C) groups is 1. The first-order chi connectivity index (χ1) is 12.3. The van der Waals surface area contributed by atoms with Crippen LogP contribution >= 0.6 is 23.2 Å². The summed E-state index contributed by atoms with van der Waals surface area (Å²) in [6, 6.07) is 9.12. The summed E-state index contributed by atoms with van der Waals surface area (Å²) in [5, 5.41) is 3.04. The van der Waals surface area contributed by atoms with Crippen molar-refractivity contribution in [3.8, 4) is 11.5 Å². The van der Waals surface area contributed by atoms with Crippen LogP contribution in [-0.2, 0) is 0 Å². The summed E-state index contributed by atoms with van der Waals surface area (Å²) in [7, 11) is 0. The van der Waals surface area contributed by atoms with Gasteiger partial charge in [-0.25, -0.2) is 15.0 Å². The van der Waals surface area contributed by atoms with Gasteiger partial charge in [-0.15, -0.1) is 0 Å². The summed E-state index contributed by atoms with van der Waals surface area (Å²) in [6.45, 7) is 5.91. The number of aromatic nitrogens is 2. The highest BCUT2D eigenvalue weighted by Crippen LogP contribution is 2.33. The fraction of sp³-hybridized carbons (Fsp3) is 0.389. The molecule has 8 heteroatoms. The van der Waals surface area contributed by atoms with Gasteiger partial charge in [0.15, 0.2) is 34.8 Å². The molecule has 0 spiro atoms. The molecule has 0 amide bonds. The first-order valence-electron chi connectivity index (χ1n) is 8.18. The number of rotatable bonds is 4. The number of hydrogen-bond acceptors (Lipinski definition) is 6. The standard InChI is InChI=1S/C18H20Cl2N4O2/c1-18(2,3)26-12-8-5-4-7-11(12)25-13-14(19)23-17(24-15(13)20)16-21-9-6-10-22-16/h4-10,13-15H,1-3H3,(H,23,24). The molecular formula is C18H20Cl2N4O2.